The lowest BCUT2D eigenvalue weighted by Gasteiger charge is -2.22. The van der Waals surface area contributed by atoms with Crippen LogP contribution in [-0.4, -0.2) is 75.6 Å². The molecule has 0 spiro atoms. The maximum absolute atomic E-state index is 13.6. The van der Waals surface area contributed by atoms with Gasteiger partial charge >= 0.3 is 0 Å². The van der Waals surface area contributed by atoms with Crippen LogP contribution < -0.4 is 14.4 Å². The Bertz CT molecular complexity index is 1450. The number of anilines is 1. The van der Waals surface area contributed by atoms with Crippen LogP contribution in [0.1, 0.15) is 23.2 Å². The molecular weight excluding hydrogens is 528 g/mol. The Hall–Kier alpha value is -3.75. The third-order valence-electron chi connectivity index (χ3n) is 5.80. The van der Waals surface area contributed by atoms with Gasteiger partial charge in [-0.25, -0.2) is 13.4 Å². The number of amides is 1. The molecule has 0 fully saturated rings. The average Bonchev–Trinajstić information content (AvgIpc) is 3.53. The number of sulfonamides is 1. The number of likely N-dealkylation sites (N-methyl/N-ethyl adjacent to an activating group) is 1. The fourth-order valence-corrected chi connectivity index (χ4v) is 6.22. The van der Waals surface area contributed by atoms with Gasteiger partial charge in [0.15, 0.2) is 16.6 Å². The van der Waals surface area contributed by atoms with E-state index in [-0.39, 0.29) is 43.5 Å². The number of aromatic nitrogens is 1. The number of hydrogen-bond donors (Lipinski definition) is 0. The van der Waals surface area contributed by atoms with E-state index in [1.807, 2.05) is 37.2 Å². The molecule has 2 aromatic carbocycles. The highest BCUT2D eigenvalue weighted by Crippen LogP contribution is 2.40. The zero-order chi connectivity index (χ0) is 27.3. The molecule has 0 aliphatic carbocycles. The molecule has 0 N–H and O–H groups in total. The van der Waals surface area contributed by atoms with Crippen molar-refractivity contribution in [3.8, 4) is 23.6 Å². The first-order valence-corrected chi connectivity index (χ1v) is 14.0. The summed E-state index contributed by atoms with van der Waals surface area (Å²) in [6, 6.07) is 13.2. The van der Waals surface area contributed by atoms with E-state index in [2.05, 4.69) is 4.98 Å². The molecule has 3 aromatic rings. The van der Waals surface area contributed by atoms with Crippen molar-refractivity contribution in [2.75, 3.05) is 52.0 Å². The Kier molecular flexibility index (Phi) is 8.44. The van der Waals surface area contributed by atoms with Gasteiger partial charge in [-0.3, -0.25) is 9.69 Å². The number of fused-ring (bicyclic) bond motifs is 2. The number of benzene rings is 2. The molecule has 13 heteroatoms. The summed E-state index contributed by atoms with van der Waals surface area (Å²) >= 11 is 1.36. The van der Waals surface area contributed by atoms with Crippen molar-refractivity contribution in [3.05, 3.63) is 42.0 Å². The van der Waals surface area contributed by atoms with E-state index in [1.54, 1.807) is 11.0 Å². The molecule has 1 aromatic heterocycles. The Balaban J connectivity index is 1.61. The van der Waals surface area contributed by atoms with Crippen LogP contribution in [0.5, 0.6) is 11.5 Å². The number of hydrogen-bond acceptors (Lipinski definition) is 10. The molecule has 2 heterocycles. The topological polar surface area (TPSA) is 140 Å². The molecule has 38 heavy (non-hydrogen) atoms. The van der Waals surface area contributed by atoms with Crippen LogP contribution in [0.3, 0.4) is 0 Å². The number of thiazole rings is 1. The fraction of sp³-hybridized carbons (Fsp3) is 0.360. The molecule has 0 radical (unpaired) electrons. The predicted molar refractivity (Wildman–Crippen MR) is 142 cm³/mol. The summed E-state index contributed by atoms with van der Waals surface area (Å²) in [6.07, 6.45) is 0.0108. The summed E-state index contributed by atoms with van der Waals surface area (Å²) in [5, 5.41) is 18.3. The first kappa shape index (κ1) is 27.3. The zero-order valence-corrected chi connectivity index (χ0v) is 22.6. The van der Waals surface area contributed by atoms with Crippen molar-refractivity contribution in [2.24, 2.45) is 0 Å². The largest absolute Gasteiger partial charge is 0.454 e. The van der Waals surface area contributed by atoms with E-state index in [1.165, 1.54) is 35.6 Å². The van der Waals surface area contributed by atoms with Crippen LogP contribution in [0, 0.1) is 22.7 Å². The third-order valence-corrected chi connectivity index (χ3v) is 8.76. The molecule has 11 nitrogen and oxygen atoms in total. The Morgan fingerprint density at radius 1 is 1.00 bits per heavy atom. The van der Waals surface area contributed by atoms with Crippen LogP contribution in [0.15, 0.2) is 41.3 Å². The van der Waals surface area contributed by atoms with Gasteiger partial charge in [-0.1, -0.05) is 11.3 Å². The standard InChI is InChI=1S/C25H26N6O5S2/c1-29(2)13-14-31(25-28-20-15-21-22(36-17-35-21)16-23(20)37-25)24(32)18-5-7-19(8-6-18)38(33,34)30(11-3-9-26)12-4-10-27/h5-8,15-16H,3-4,11-14,17H2,1-2H3. The lowest BCUT2D eigenvalue weighted by molar-refractivity contribution is 0.0985. The van der Waals surface area contributed by atoms with E-state index >= 15 is 0 Å². The minimum absolute atomic E-state index is 0.00542. The monoisotopic (exact) mass is 554 g/mol. The normalized spacial score (nSPS) is 12.6. The van der Waals surface area contributed by atoms with Gasteiger partial charge in [-0.05, 0) is 38.4 Å². The molecule has 0 bridgehead atoms. The van der Waals surface area contributed by atoms with Crippen LogP contribution in [0.25, 0.3) is 10.2 Å². The first-order chi connectivity index (χ1) is 18.2. The minimum atomic E-state index is -3.94. The van der Waals surface area contributed by atoms with Gasteiger partial charge in [0.05, 0.1) is 27.3 Å². The van der Waals surface area contributed by atoms with Crippen molar-refractivity contribution >= 4 is 42.6 Å². The number of ether oxygens (including phenoxy) is 2. The molecule has 0 atom stereocenters. The molecule has 0 unspecified atom stereocenters. The summed E-state index contributed by atoms with van der Waals surface area (Å²) in [5.41, 5.74) is 0.991. The summed E-state index contributed by atoms with van der Waals surface area (Å²) in [7, 11) is -0.125. The maximum Gasteiger partial charge on any atom is 0.260 e. The molecular formula is C25H26N6O5S2. The summed E-state index contributed by atoms with van der Waals surface area (Å²) in [6.45, 7) is 1.08. The van der Waals surface area contributed by atoms with Gasteiger partial charge in [0.1, 0.15) is 0 Å². The number of nitrogens with zero attached hydrogens (tertiary/aromatic N) is 6. The van der Waals surface area contributed by atoms with E-state index in [0.717, 1.165) is 9.01 Å². The second kappa shape index (κ2) is 11.8. The lowest BCUT2D eigenvalue weighted by atomic mass is 10.2. The van der Waals surface area contributed by atoms with Crippen molar-refractivity contribution in [1.29, 1.82) is 10.5 Å². The van der Waals surface area contributed by atoms with Crippen LogP contribution in [-0.2, 0) is 10.0 Å². The lowest BCUT2D eigenvalue weighted by Crippen LogP contribution is -2.36. The summed E-state index contributed by atoms with van der Waals surface area (Å²) < 4.78 is 39.1. The highest BCUT2D eigenvalue weighted by Gasteiger charge is 2.26. The van der Waals surface area contributed by atoms with Crippen LogP contribution in [0.4, 0.5) is 5.13 Å². The van der Waals surface area contributed by atoms with Gasteiger partial charge in [0.2, 0.25) is 16.8 Å². The summed E-state index contributed by atoms with van der Waals surface area (Å²) in [4.78, 5) is 21.8. The fourth-order valence-electron chi connectivity index (χ4n) is 3.78. The smallest absolute Gasteiger partial charge is 0.260 e. The minimum Gasteiger partial charge on any atom is -0.454 e. The van der Waals surface area contributed by atoms with Gasteiger partial charge in [0, 0.05) is 56.7 Å². The van der Waals surface area contributed by atoms with Crippen LogP contribution in [0.2, 0.25) is 0 Å². The van der Waals surface area contributed by atoms with Gasteiger partial charge < -0.3 is 14.4 Å². The predicted octanol–water partition coefficient (Wildman–Crippen LogP) is 3.05. The van der Waals surface area contributed by atoms with Crippen molar-refractivity contribution in [2.45, 2.75) is 17.7 Å². The molecule has 1 amide bonds. The van der Waals surface area contributed by atoms with Crippen molar-refractivity contribution in [3.63, 3.8) is 0 Å². The van der Waals surface area contributed by atoms with Gasteiger partial charge in [0.25, 0.3) is 5.91 Å². The highest BCUT2D eigenvalue weighted by atomic mass is 32.2. The van der Waals surface area contributed by atoms with Crippen LogP contribution >= 0.6 is 11.3 Å². The van der Waals surface area contributed by atoms with Gasteiger partial charge in [-0.2, -0.15) is 14.8 Å². The Morgan fingerprint density at radius 2 is 1.63 bits per heavy atom. The quantitative estimate of drug-likeness (QED) is 0.350. The average molecular weight is 555 g/mol. The van der Waals surface area contributed by atoms with E-state index < -0.39 is 10.0 Å². The Labute approximate surface area is 225 Å². The zero-order valence-electron chi connectivity index (χ0n) is 21.0. The SMILES string of the molecule is CN(C)CCN(C(=O)c1ccc(S(=O)(=O)N(CCC#N)CCC#N)cc1)c1nc2cc3c(cc2s1)OCO3. The molecule has 0 saturated heterocycles. The number of carbonyl (C=O) groups is 1. The van der Waals surface area contributed by atoms with Crippen molar-refractivity contribution < 1.29 is 22.7 Å². The maximum atomic E-state index is 13.6. The second-order valence-corrected chi connectivity index (χ2v) is 11.6. The second-order valence-electron chi connectivity index (χ2n) is 8.67. The van der Waals surface area contributed by atoms with E-state index in [9.17, 15) is 13.2 Å². The number of carbonyl (C=O) groups excluding carboxylic acids is 1. The molecule has 1 aliphatic rings. The molecule has 198 valence electrons. The van der Waals surface area contributed by atoms with E-state index in [4.69, 9.17) is 20.0 Å². The van der Waals surface area contributed by atoms with E-state index in [0.29, 0.717) is 40.8 Å². The number of nitriles is 2. The van der Waals surface area contributed by atoms with Crippen molar-refractivity contribution in [1.82, 2.24) is 14.2 Å². The van der Waals surface area contributed by atoms with Gasteiger partial charge in [-0.15, -0.1) is 0 Å². The highest BCUT2D eigenvalue weighted by molar-refractivity contribution is 7.89. The Morgan fingerprint density at radius 3 is 2.24 bits per heavy atom. The first-order valence-electron chi connectivity index (χ1n) is 11.8. The number of rotatable bonds is 11. The third kappa shape index (κ3) is 5.87. The molecule has 0 saturated carbocycles. The molecule has 1 aliphatic heterocycles. The molecule has 4 rings (SSSR count). The summed E-state index contributed by atoms with van der Waals surface area (Å²) in [5.74, 6) is 0.922.